The molecular weight excluding hydrogens is 435 g/mol. The molecule has 1 aliphatic rings. The molecule has 2 aromatic heterocycles. The zero-order valence-electron chi connectivity index (χ0n) is 17.9. The molecule has 4 rings (SSSR count). The molecule has 0 unspecified atom stereocenters. The predicted molar refractivity (Wildman–Crippen MR) is 119 cm³/mol. The summed E-state index contributed by atoms with van der Waals surface area (Å²) >= 11 is 1.69. The molecule has 0 radical (unpaired) electrons. The van der Waals surface area contributed by atoms with E-state index >= 15 is 0 Å². The van der Waals surface area contributed by atoms with Crippen LogP contribution < -0.4 is 0 Å². The van der Waals surface area contributed by atoms with E-state index in [4.69, 9.17) is 0 Å². The minimum Gasteiger partial charge on any atom is -0.305 e. The van der Waals surface area contributed by atoms with Gasteiger partial charge in [0.2, 0.25) is 0 Å². The number of hydrogen-bond acceptors (Lipinski definition) is 5. The number of benzene rings is 1. The summed E-state index contributed by atoms with van der Waals surface area (Å²) in [5.74, 6) is 1.94. The van der Waals surface area contributed by atoms with Crippen molar-refractivity contribution in [2.45, 2.75) is 36.5 Å². The van der Waals surface area contributed by atoms with E-state index in [2.05, 4.69) is 20.1 Å². The van der Waals surface area contributed by atoms with Gasteiger partial charge in [-0.2, -0.15) is 13.2 Å². The van der Waals surface area contributed by atoms with E-state index in [-0.39, 0.29) is 5.92 Å². The van der Waals surface area contributed by atoms with Crippen LogP contribution in [0.3, 0.4) is 0 Å². The zero-order chi connectivity index (χ0) is 22.6. The maximum Gasteiger partial charge on any atom is 0.416 e. The molecule has 0 N–H and O–H groups in total. The number of halogens is 3. The highest BCUT2D eigenvalue weighted by atomic mass is 32.2. The number of hydrogen-bond donors (Lipinski definition) is 0. The van der Waals surface area contributed by atoms with Crippen molar-refractivity contribution in [1.82, 2.24) is 24.6 Å². The Balaban J connectivity index is 1.22. The lowest BCUT2D eigenvalue weighted by atomic mass is 9.88. The molecule has 0 spiro atoms. The van der Waals surface area contributed by atoms with Crippen molar-refractivity contribution in [3.05, 3.63) is 59.9 Å². The maximum absolute atomic E-state index is 13.0. The molecule has 1 aromatic carbocycles. The van der Waals surface area contributed by atoms with E-state index in [9.17, 15) is 13.2 Å². The van der Waals surface area contributed by atoms with Gasteiger partial charge in [-0.1, -0.05) is 30.0 Å². The zero-order valence-corrected chi connectivity index (χ0v) is 18.7. The van der Waals surface area contributed by atoms with Crippen LogP contribution in [-0.2, 0) is 13.2 Å². The van der Waals surface area contributed by atoms with Gasteiger partial charge in [0.25, 0.3) is 0 Å². The quantitative estimate of drug-likeness (QED) is 0.355. The number of rotatable bonds is 7. The van der Waals surface area contributed by atoms with E-state index in [1.54, 1.807) is 24.2 Å². The Kier molecular flexibility index (Phi) is 7.15. The third kappa shape index (κ3) is 5.50. The number of piperidine rings is 1. The Labute approximate surface area is 190 Å². The second-order valence-electron chi connectivity index (χ2n) is 8.05. The maximum atomic E-state index is 13.0. The summed E-state index contributed by atoms with van der Waals surface area (Å²) in [6, 6.07) is 9.66. The first-order valence-electron chi connectivity index (χ1n) is 10.7. The number of pyridine rings is 1. The topological polar surface area (TPSA) is 46.8 Å². The standard InChI is InChI=1S/C23H26F3N5S/c1-30-21(19-6-3-10-27-16-19)28-29-22(30)32-14-4-11-31-12-8-17(9-13-31)18-5-2-7-20(15-18)23(24,25)26/h2-3,5-7,10,15-17H,4,8-9,11-14H2,1H3. The third-order valence-corrected chi connectivity index (χ3v) is 6.98. The number of likely N-dealkylation sites (tertiary alicyclic amines) is 1. The molecule has 1 fully saturated rings. The molecule has 1 aliphatic heterocycles. The van der Waals surface area contributed by atoms with Gasteiger partial charge in [0.05, 0.1) is 5.56 Å². The van der Waals surface area contributed by atoms with E-state index < -0.39 is 11.7 Å². The largest absolute Gasteiger partial charge is 0.416 e. The van der Waals surface area contributed by atoms with Crippen LogP contribution in [0.2, 0.25) is 0 Å². The van der Waals surface area contributed by atoms with Gasteiger partial charge < -0.3 is 9.47 Å². The van der Waals surface area contributed by atoms with Gasteiger partial charge >= 0.3 is 6.18 Å². The van der Waals surface area contributed by atoms with Crippen LogP contribution >= 0.6 is 11.8 Å². The minimum absolute atomic E-state index is 0.201. The van der Waals surface area contributed by atoms with Crippen molar-refractivity contribution >= 4 is 11.8 Å². The highest BCUT2D eigenvalue weighted by Crippen LogP contribution is 2.34. The van der Waals surface area contributed by atoms with Crippen LogP contribution in [0, 0.1) is 0 Å². The number of nitrogens with zero attached hydrogens (tertiary/aromatic N) is 5. The van der Waals surface area contributed by atoms with Crippen LogP contribution in [-0.4, -0.2) is 50.0 Å². The lowest BCUT2D eigenvalue weighted by molar-refractivity contribution is -0.137. The minimum atomic E-state index is -4.28. The summed E-state index contributed by atoms with van der Waals surface area (Å²) in [5, 5.41) is 9.46. The van der Waals surface area contributed by atoms with Crippen molar-refractivity contribution in [2.24, 2.45) is 7.05 Å². The van der Waals surface area contributed by atoms with Crippen molar-refractivity contribution in [2.75, 3.05) is 25.4 Å². The van der Waals surface area contributed by atoms with Gasteiger partial charge in [-0.05, 0) is 68.6 Å². The molecule has 3 heterocycles. The van der Waals surface area contributed by atoms with Gasteiger partial charge in [0, 0.05) is 30.8 Å². The second kappa shape index (κ2) is 10.0. The molecule has 9 heteroatoms. The highest BCUT2D eigenvalue weighted by molar-refractivity contribution is 7.99. The third-order valence-electron chi connectivity index (χ3n) is 5.88. The van der Waals surface area contributed by atoms with E-state index in [1.807, 2.05) is 29.8 Å². The van der Waals surface area contributed by atoms with Crippen LogP contribution in [0.4, 0.5) is 13.2 Å². The van der Waals surface area contributed by atoms with Crippen LogP contribution in [0.25, 0.3) is 11.4 Å². The molecular formula is C23H26F3N5S. The lowest BCUT2D eigenvalue weighted by Crippen LogP contribution is -2.34. The van der Waals surface area contributed by atoms with Gasteiger partial charge in [0.15, 0.2) is 11.0 Å². The predicted octanol–water partition coefficient (Wildman–Crippen LogP) is 5.26. The lowest BCUT2D eigenvalue weighted by Gasteiger charge is -2.32. The van der Waals surface area contributed by atoms with Crippen molar-refractivity contribution < 1.29 is 13.2 Å². The smallest absolute Gasteiger partial charge is 0.305 e. The summed E-state index contributed by atoms with van der Waals surface area (Å²) in [4.78, 5) is 6.54. The molecule has 170 valence electrons. The number of alkyl halides is 3. The average Bonchev–Trinajstić information content (AvgIpc) is 3.17. The fourth-order valence-corrected chi connectivity index (χ4v) is 4.93. The van der Waals surface area contributed by atoms with Gasteiger partial charge in [0.1, 0.15) is 0 Å². The first-order valence-corrected chi connectivity index (χ1v) is 11.7. The second-order valence-corrected chi connectivity index (χ2v) is 9.11. The van der Waals surface area contributed by atoms with Crippen molar-refractivity contribution in [1.29, 1.82) is 0 Å². The van der Waals surface area contributed by atoms with Crippen molar-refractivity contribution in [3.63, 3.8) is 0 Å². The Morgan fingerprint density at radius 1 is 1.09 bits per heavy atom. The fraction of sp³-hybridized carbons (Fsp3) is 0.435. The van der Waals surface area contributed by atoms with E-state index in [0.717, 1.165) is 72.8 Å². The molecule has 0 saturated carbocycles. The first-order chi connectivity index (χ1) is 15.4. The monoisotopic (exact) mass is 461 g/mol. The number of aromatic nitrogens is 4. The Bertz CT molecular complexity index is 1010. The molecule has 0 amide bonds. The first kappa shape index (κ1) is 22.8. The van der Waals surface area contributed by atoms with Crippen LogP contribution in [0.5, 0.6) is 0 Å². The van der Waals surface area contributed by atoms with Gasteiger partial charge in [-0.15, -0.1) is 10.2 Å². The van der Waals surface area contributed by atoms with Crippen LogP contribution in [0.1, 0.15) is 36.3 Å². The van der Waals surface area contributed by atoms with E-state index in [0.29, 0.717) is 0 Å². The van der Waals surface area contributed by atoms with Crippen LogP contribution in [0.15, 0.2) is 53.9 Å². The van der Waals surface area contributed by atoms with Gasteiger partial charge in [-0.3, -0.25) is 4.98 Å². The summed E-state index contributed by atoms with van der Waals surface area (Å²) in [6.45, 7) is 2.82. The Morgan fingerprint density at radius 2 is 1.91 bits per heavy atom. The molecule has 0 aliphatic carbocycles. The van der Waals surface area contributed by atoms with Gasteiger partial charge in [-0.25, -0.2) is 0 Å². The molecule has 0 bridgehead atoms. The molecule has 5 nitrogen and oxygen atoms in total. The molecule has 32 heavy (non-hydrogen) atoms. The molecule has 0 atom stereocenters. The molecule has 3 aromatic rings. The SMILES string of the molecule is Cn1c(SCCCN2CCC(c3cccc(C(F)(F)F)c3)CC2)nnc1-c1cccnc1. The van der Waals surface area contributed by atoms with Crippen molar-refractivity contribution in [3.8, 4) is 11.4 Å². The van der Waals surface area contributed by atoms with E-state index in [1.165, 1.54) is 12.1 Å². The summed E-state index contributed by atoms with van der Waals surface area (Å²) in [5.41, 5.74) is 1.20. The highest BCUT2D eigenvalue weighted by Gasteiger charge is 2.31. The fourth-order valence-electron chi connectivity index (χ4n) is 4.10. The normalized spacial score (nSPS) is 15.9. The summed E-state index contributed by atoms with van der Waals surface area (Å²) < 4.78 is 40.9. The summed E-state index contributed by atoms with van der Waals surface area (Å²) in [6.07, 6.45) is 2.04. The average molecular weight is 462 g/mol. The Morgan fingerprint density at radius 3 is 2.62 bits per heavy atom. The Hall–Kier alpha value is -2.39. The molecule has 1 saturated heterocycles. The number of thioether (sulfide) groups is 1. The summed E-state index contributed by atoms with van der Waals surface area (Å²) in [7, 11) is 1.96.